The van der Waals surface area contributed by atoms with Gasteiger partial charge in [-0.05, 0) is 18.2 Å². The summed E-state index contributed by atoms with van der Waals surface area (Å²) in [5, 5.41) is 12.8. The number of nitrogens with zero attached hydrogens (tertiary/aromatic N) is 4. The number of carbonyl (C=O) groups is 1. The number of aliphatic carboxylic acids is 1. The quantitative estimate of drug-likeness (QED) is 0.741. The summed E-state index contributed by atoms with van der Waals surface area (Å²) < 4.78 is 9.05. The maximum absolute atomic E-state index is 10.7. The van der Waals surface area contributed by atoms with Crippen LogP contribution < -0.4 is 4.74 Å². The van der Waals surface area contributed by atoms with Crippen molar-refractivity contribution in [2.75, 3.05) is 0 Å². The van der Waals surface area contributed by atoms with Crippen LogP contribution in [0.3, 0.4) is 0 Å². The molecule has 0 aliphatic heterocycles. The van der Waals surface area contributed by atoms with Crippen LogP contribution in [0.5, 0.6) is 11.6 Å². The summed E-state index contributed by atoms with van der Waals surface area (Å²) >= 11 is 0. The van der Waals surface area contributed by atoms with E-state index in [-0.39, 0.29) is 0 Å². The van der Waals surface area contributed by atoms with Crippen molar-refractivity contribution in [2.45, 2.75) is 0 Å². The van der Waals surface area contributed by atoms with Crippen molar-refractivity contribution in [3.05, 3.63) is 48.6 Å². The van der Waals surface area contributed by atoms with E-state index in [1.165, 1.54) is 6.08 Å². The number of hydrogen-bond acceptors (Lipinski definition) is 4. The molecule has 0 bridgehead atoms. The van der Waals surface area contributed by atoms with Crippen LogP contribution in [0.25, 0.3) is 11.7 Å². The van der Waals surface area contributed by atoms with Gasteiger partial charge in [0.15, 0.2) is 5.75 Å². The molecule has 0 aromatic carbocycles. The van der Waals surface area contributed by atoms with Crippen LogP contribution in [0, 0.1) is 0 Å². The number of carboxylic acid groups (broad SMARTS) is 1. The van der Waals surface area contributed by atoms with E-state index in [2.05, 4.69) is 10.1 Å². The molecule has 106 valence electrons. The topological polar surface area (TPSA) is 81.7 Å². The molecule has 0 radical (unpaired) electrons. The molecule has 3 aromatic rings. The third-order valence-electron chi connectivity index (χ3n) is 2.81. The number of imidazole rings is 1. The van der Waals surface area contributed by atoms with E-state index in [4.69, 9.17) is 9.84 Å². The molecule has 0 unspecified atom stereocenters. The van der Waals surface area contributed by atoms with E-state index >= 15 is 0 Å². The first-order valence-electron chi connectivity index (χ1n) is 6.18. The molecule has 1 N–H and O–H groups in total. The number of pyridine rings is 1. The number of rotatable bonds is 4. The fourth-order valence-electron chi connectivity index (χ4n) is 1.93. The monoisotopic (exact) mass is 284 g/mol. The van der Waals surface area contributed by atoms with Crippen LogP contribution >= 0.6 is 0 Å². The van der Waals surface area contributed by atoms with Crippen LogP contribution in [0.1, 0.15) is 5.69 Å². The molecule has 3 rings (SSSR count). The minimum absolute atomic E-state index is 0.326. The zero-order valence-electron chi connectivity index (χ0n) is 11.2. The Labute approximate surface area is 119 Å². The molecular weight excluding hydrogens is 272 g/mol. The SMILES string of the molecule is Cn1cc(Oc2nc3ccccn3c2/C=C/C(=O)O)cn1. The molecule has 7 heteroatoms. The first-order valence-corrected chi connectivity index (χ1v) is 6.18. The van der Waals surface area contributed by atoms with Crippen molar-refractivity contribution < 1.29 is 14.6 Å². The Kier molecular flexibility index (Phi) is 3.15. The van der Waals surface area contributed by atoms with Crippen LogP contribution in [-0.4, -0.2) is 30.2 Å². The maximum atomic E-state index is 10.7. The fourth-order valence-corrected chi connectivity index (χ4v) is 1.93. The van der Waals surface area contributed by atoms with Crippen LogP contribution in [0.15, 0.2) is 42.9 Å². The van der Waals surface area contributed by atoms with Crippen LogP contribution in [-0.2, 0) is 11.8 Å². The van der Waals surface area contributed by atoms with Gasteiger partial charge in [0.25, 0.3) is 0 Å². The molecule has 3 aromatic heterocycles. The molecule has 0 fully saturated rings. The van der Waals surface area contributed by atoms with Crippen LogP contribution in [0.4, 0.5) is 0 Å². The summed E-state index contributed by atoms with van der Waals surface area (Å²) in [6.07, 6.45) is 7.56. The lowest BCUT2D eigenvalue weighted by atomic mass is 10.3. The number of aromatic nitrogens is 4. The van der Waals surface area contributed by atoms with E-state index in [1.807, 2.05) is 18.2 Å². The zero-order valence-corrected chi connectivity index (χ0v) is 11.2. The van der Waals surface area contributed by atoms with Gasteiger partial charge in [0.1, 0.15) is 11.3 Å². The predicted octanol–water partition coefficient (Wildman–Crippen LogP) is 1.96. The van der Waals surface area contributed by atoms with Gasteiger partial charge in [-0.15, -0.1) is 0 Å². The Balaban J connectivity index is 2.07. The van der Waals surface area contributed by atoms with E-state index in [0.717, 1.165) is 6.08 Å². The zero-order chi connectivity index (χ0) is 14.8. The second-order valence-corrected chi connectivity index (χ2v) is 4.35. The van der Waals surface area contributed by atoms with Crippen molar-refractivity contribution in [3.63, 3.8) is 0 Å². The van der Waals surface area contributed by atoms with Gasteiger partial charge in [0.2, 0.25) is 5.88 Å². The summed E-state index contributed by atoms with van der Waals surface area (Å²) in [6.45, 7) is 0. The minimum Gasteiger partial charge on any atom is -0.478 e. The first kappa shape index (κ1) is 12.9. The average Bonchev–Trinajstić information content (AvgIpc) is 3.00. The number of aryl methyl sites for hydroxylation is 1. The standard InChI is InChI=1S/C14H12N4O3/c1-17-9-10(8-15-17)21-14-11(5-6-13(19)20)18-7-3-2-4-12(18)16-14/h2-9H,1H3,(H,19,20)/b6-5+. The average molecular weight is 284 g/mol. The fraction of sp³-hybridized carbons (Fsp3) is 0.0714. The lowest BCUT2D eigenvalue weighted by Gasteiger charge is -2.00. The minimum atomic E-state index is -1.03. The van der Waals surface area contributed by atoms with Gasteiger partial charge in [-0.2, -0.15) is 10.1 Å². The molecule has 21 heavy (non-hydrogen) atoms. The second kappa shape index (κ2) is 5.12. The highest BCUT2D eigenvalue weighted by molar-refractivity contribution is 5.85. The van der Waals surface area contributed by atoms with Gasteiger partial charge in [0.05, 0.1) is 12.4 Å². The van der Waals surface area contributed by atoms with Crippen molar-refractivity contribution >= 4 is 17.7 Å². The van der Waals surface area contributed by atoms with Gasteiger partial charge in [-0.25, -0.2) is 4.79 Å². The molecule has 0 amide bonds. The number of fused-ring (bicyclic) bond motifs is 1. The third-order valence-corrected chi connectivity index (χ3v) is 2.81. The number of ether oxygens (including phenoxy) is 1. The highest BCUT2D eigenvalue weighted by Gasteiger charge is 2.12. The Morgan fingerprint density at radius 2 is 2.29 bits per heavy atom. The van der Waals surface area contributed by atoms with E-state index in [0.29, 0.717) is 23.0 Å². The number of carboxylic acids is 1. The number of hydrogen-bond donors (Lipinski definition) is 1. The molecule has 0 aliphatic carbocycles. The smallest absolute Gasteiger partial charge is 0.328 e. The van der Waals surface area contributed by atoms with Gasteiger partial charge >= 0.3 is 5.97 Å². The largest absolute Gasteiger partial charge is 0.478 e. The van der Waals surface area contributed by atoms with Gasteiger partial charge in [0, 0.05) is 19.3 Å². The van der Waals surface area contributed by atoms with Gasteiger partial charge in [-0.1, -0.05) is 6.07 Å². The first-order chi connectivity index (χ1) is 10.1. The third kappa shape index (κ3) is 2.62. The predicted molar refractivity (Wildman–Crippen MR) is 75.1 cm³/mol. The van der Waals surface area contributed by atoms with E-state index < -0.39 is 5.97 Å². The molecule has 0 saturated carbocycles. The van der Waals surface area contributed by atoms with Crippen molar-refractivity contribution in [3.8, 4) is 11.6 Å². The molecule has 3 heterocycles. The van der Waals surface area contributed by atoms with Crippen molar-refractivity contribution in [1.82, 2.24) is 19.2 Å². The Bertz CT molecular complexity index is 832. The molecule has 0 atom stereocenters. The summed E-state index contributed by atoms with van der Waals surface area (Å²) in [4.78, 5) is 15.1. The Morgan fingerprint density at radius 1 is 1.43 bits per heavy atom. The summed E-state index contributed by atoms with van der Waals surface area (Å²) in [5.74, 6) is -0.175. The second-order valence-electron chi connectivity index (χ2n) is 4.35. The van der Waals surface area contributed by atoms with E-state index in [1.54, 1.807) is 34.7 Å². The molecule has 0 saturated heterocycles. The summed E-state index contributed by atoms with van der Waals surface area (Å²) in [5.41, 5.74) is 1.22. The lowest BCUT2D eigenvalue weighted by Crippen LogP contribution is -1.91. The van der Waals surface area contributed by atoms with Crippen molar-refractivity contribution in [2.24, 2.45) is 7.05 Å². The summed E-state index contributed by atoms with van der Waals surface area (Å²) in [7, 11) is 1.78. The molecule has 0 aliphatic rings. The highest BCUT2D eigenvalue weighted by Crippen LogP contribution is 2.26. The van der Waals surface area contributed by atoms with Crippen LogP contribution in [0.2, 0.25) is 0 Å². The van der Waals surface area contributed by atoms with Crippen molar-refractivity contribution in [1.29, 1.82) is 0 Å². The molecular formula is C14H12N4O3. The van der Waals surface area contributed by atoms with E-state index in [9.17, 15) is 4.79 Å². The molecule has 7 nitrogen and oxygen atoms in total. The normalized spacial score (nSPS) is 11.3. The maximum Gasteiger partial charge on any atom is 0.328 e. The highest BCUT2D eigenvalue weighted by atomic mass is 16.5. The summed E-state index contributed by atoms with van der Waals surface area (Å²) in [6, 6.07) is 5.50. The van der Waals surface area contributed by atoms with Gasteiger partial charge < -0.3 is 9.84 Å². The Hall–Kier alpha value is -3.09. The van der Waals surface area contributed by atoms with Gasteiger partial charge in [-0.3, -0.25) is 9.08 Å². The lowest BCUT2D eigenvalue weighted by molar-refractivity contribution is -0.131. The molecule has 0 spiro atoms. The Morgan fingerprint density at radius 3 is 3.00 bits per heavy atom.